The molecule has 4 heterocycles. The standard InChI is InChI=1S/C21H28N4O3/c1-3-6-16(2)25-15-21(28-20(25)27)8-11-23(12-9-21)19(26)13-17-14-22-18-7-4-5-10-24(17)18/h4-5,7,10,14,16H,3,6,8-9,11-13,15H2,1-2H3/t16-/m1/s1. The Hall–Kier alpha value is -2.57. The van der Waals surface area contributed by atoms with Crippen LogP contribution in [0.15, 0.2) is 30.6 Å². The number of carbonyl (C=O) groups is 2. The number of imidazole rings is 1. The van der Waals surface area contributed by atoms with Crippen LogP contribution in [0.25, 0.3) is 5.65 Å². The van der Waals surface area contributed by atoms with Crippen LogP contribution in [0.4, 0.5) is 4.79 Å². The summed E-state index contributed by atoms with van der Waals surface area (Å²) < 4.78 is 7.75. The second-order valence-electron chi connectivity index (χ2n) is 8.05. The van der Waals surface area contributed by atoms with Crippen molar-refractivity contribution in [1.82, 2.24) is 19.2 Å². The minimum absolute atomic E-state index is 0.0982. The Bertz CT molecular complexity index is 869. The zero-order valence-electron chi connectivity index (χ0n) is 16.6. The Labute approximate surface area is 165 Å². The lowest BCUT2D eigenvalue weighted by Gasteiger charge is -2.37. The third-order valence-corrected chi connectivity index (χ3v) is 6.09. The van der Waals surface area contributed by atoms with E-state index in [9.17, 15) is 9.59 Å². The molecule has 0 unspecified atom stereocenters. The van der Waals surface area contributed by atoms with Crippen molar-refractivity contribution in [1.29, 1.82) is 0 Å². The van der Waals surface area contributed by atoms with Gasteiger partial charge >= 0.3 is 6.09 Å². The van der Waals surface area contributed by atoms with Crippen LogP contribution in [-0.4, -0.2) is 62.5 Å². The molecule has 0 aromatic carbocycles. The summed E-state index contributed by atoms with van der Waals surface area (Å²) in [4.78, 5) is 33.2. The lowest BCUT2D eigenvalue weighted by atomic mass is 9.90. The van der Waals surface area contributed by atoms with Gasteiger partial charge < -0.3 is 18.9 Å². The molecule has 1 spiro atoms. The van der Waals surface area contributed by atoms with E-state index in [0.29, 0.717) is 38.9 Å². The molecule has 0 radical (unpaired) electrons. The van der Waals surface area contributed by atoms with Gasteiger partial charge in [-0.2, -0.15) is 0 Å². The topological polar surface area (TPSA) is 67.2 Å². The van der Waals surface area contributed by atoms with Gasteiger partial charge in [-0.25, -0.2) is 9.78 Å². The third-order valence-electron chi connectivity index (χ3n) is 6.09. The molecule has 28 heavy (non-hydrogen) atoms. The van der Waals surface area contributed by atoms with Gasteiger partial charge in [0.05, 0.1) is 18.7 Å². The van der Waals surface area contributed by atoms with Crippen molar-refractivity contribution in [3.8, 4) is 0 Å². The average molecular weight is 384 g/mol. The van der Waals surface area contributed by atoms with Gasteiger partial charge in [-0.1, -0.05) is 19.4 Å². The quantitative estimate of drug-likeness (QED) is 0.795. The number of hydrogen-bond acceptors (Lipinski definition) is 4. The second-order valence-corrected chi connectivity index (χ2v) is 8.05. The first-order valence-corrected chi connectivity index (χ1v) is 10.2. The largest absolute Gasteiger partial charge is 0.441 e. The number of rotatable bonds is 5. The Morgan fingerprint density at radius 3 is 2.86 bits per heavy atom. The summed E-state index contributed by atoms with van der Waals surface area (Å²) >= 11 is 0. The number of aromatic nitrogens is 2. The zero-order chi connectivity index (χ0) is 19.7. The summed E-state index contributed by atoms with van der Waals surface area (Å²) in [7, 11) is 0. The van der Waals surface area contributed by atoms with Crippen molar-refractivity contribution in [2.45, 2.75) is 57.6 Å². The van der Waals surface area contributed by atoms with E-state index in [1.807, 2.05) is 38.6 Å². The molecular formula is C21H28N4O3. The maximum atomic E-state index is 12.8. The van der Waals surface area contributed by atoms with Gasteiger partial charge in [-0.3, -0.25) is 4.79 Å². The van der Waals surface area contributed by atoms with Crippen LogP contribution < -0.4 is 0 Å². The first-order valence-electron chi connectivity index (χ1n) is 10.2. The molecule has 2 aliphatic heterocycles. The number of nitrogens with zero attached hydrogens (tertiary/aromatic N) is 4. The molecule has 2 saturated heterocycles. The van der Waals surface area contributed by atoms with Crippen LogP contribution >= 0.6 is 0 Å². The number of ether oxygens (including phenoxy) is 1. The zero-order valence-corrected chi connectivity index (χ0v) is 16.6. The Morgan fingerprint density at radius 1 is 1.32 bits per heavy atom. The van der Waals surface area contributed by atoms with E-state index < -0.39 is 5.60 Å². The fraction of sp³-hybridized carbons (Fsp3) is 0.571. The van der Waals surface area contributed by atoms with E-state index in [1.54, 1.807) is 6.20 Å². The fourth-order valence-electron chi connectivity index (χ4n) is 4.37. The molecular weight excluding hydrogens is 356 g/mol. The molecule has 0 N–H and O–H groups in total. The smallest absolute Gasteiger partial charge is 0.410 e. The molecule has 0 aliphatic carbocycles. The molecule has 2 aromatic heterocycles. The van der Waals surface area contributed by atoms with Gasteiger partial charge in [0, 0.05) is 44.4 Å². The molecule has 4 rings (SSSR count). The molecule has 0 saturated carbocycles. The minimum atomic E-state index is -0.431. The number of likely N-dealkylation sites (tertiary alicyclic amines) is 1. The van der Waals surface area contributed by atoms with Crippen LogP contribution in [-0.2, 0) is 16.0 Å². The van der Waals surface area contributed by atoms with E-state index in [0.717, 1.165) is 24.2 Å². The number of pyridine rings is 1. The number of piperidine rings is 1. The summed E-state index contributed by atoms with van der Waals surface area (Å²) in [6.45, 7) is 6.10. The Morgan fingerprint density at radius 2 is 2.11 bits per heavy atom. The Kier molecular flexibility index (Phi) is 5.00. The maximum Gasteiger partial charge on any atom is 0.410 e. The SMILES string of the molecule is CCC[C@@H](C)N1CC2(CCN(C(=O)Cc3cnc4ccccn34)CC2)OC1=O. The maximum absolute atomic E-state index is 12.8. The van der Waals surface area contributed by atoms with Crippen LogP contribution in [0.1, 0.15) is 45.2 Å². The second kappa shape index (κ2) is 7.45. The summed E-state index contributed by atoms with van der Waals surface area (Å²) in [5.74, 6) is 0.0982. The van der Waals surface area contributed by atoms with Crippen LogP contribution in [0.2, 0.25) is 0 Å². The van der Waals surface area contributed by atoms with Crippen LogP contribution in [0, 0.1) is 0 Å². The van der Waals surface area contributed by atoms with E-state index in [2.05, 4.69) is 18.8 Å². The molecule has 150 valence electrons. The number of fused-ring (bicyclic) bond motifs is 1. The highest BCUT2D eigenvalue weighted by atomic mass is 16.6. The lowest BCUT2D eigenvalue weighted by molar-refractivity contribution is -0.133. The summed E-state index contributed by atoms with van der Waals surface area (Å²) in [5.41, 5.74) is 1.31. The van der Waals surface area contributed by atoms with Crippen molar-refractivity contribution in [2.24, 2.45) is 0 Å². The van der Waals surface area contributed by atoms with Crippen molar-refractivity contribution < 1.29 is 14.3 Å². The Balaban J connectivity index is 1.36. The first-order chi connectivity index (χ1) is 13.5. The summed E-state index contributed by atoms with van der Waals surface area (Å²) in [6.07, 6.45) is 7.26. The number of amides is 2. The van der Waals surface area contributed by atoms with Gasteiger partial charge in [0.1, 0.15) is 11.2 Å². The highest BCUT2D eigenvalue weighted by Crippen LogP contribution is 2.34. The average Bonchev–Trinajstić information content (AvgIpc) is 3.24. The van der Waals surface area contributed by atoms with Crippen molar-refractivity contribution >= 4 is 17.6 Å². The van der Waals surface area contributed by atoms with Crippen LogP contribution in [0.5, 0.6) is 0 Å². The van der Waals surface area contributed by atoms with Crippen LogP contribution in [0.3, 0.4) is 0 Å². The predicted octanol–water partition coefficient (Wildman–Crippen LogP) is 2.88. The molecule has 2 amide bonds. The molecule has 7 heteroatoms. The van der Waals surface area contributed by atoms with Crippen molar-refractivity contribution in [2.75, 3.05) is 19.6 Å². The predicted molar refractivity (Wildman–Crippen MR) is 105 cm³/mol. The summed E-state index contributed by atoms with van der Waals surface area (Å²) in [6, 6.07) is 6.00. The van der Waals surface area contributed by atoms with E-state index in [1.165, 1.54) is 0 Å². The third kappa shape index (κ3) is 3.45. The molecule has 2 aromatic rings. The van der Waals surface area contributed by atoms with E-state index in [-0.39, 0.29) is 18.0 Å². The minimum Gasteiger partial charge on any atom is -0.441 e. The number of hydrogen-bond donors (Lipinski definition) is 0. The molecule has 2 fully saturated rings. The normalized spacial score (nSPS) is 20.0. The monoisotopic (exact) mass is 384 g/mol. The van der Waals surface area contributed by atoms with Gasteiger partial charge in [-0.05, 0) is 25.5 Å². The van der Waals surface area contributed by atoms with Crippen molar-refractivity contribution in [3.63, 3.8) is 0 Å². The van der Waals surface area contributed by atoms with Gasteiger partial charge in [-0.15, -0.1) is 0 Å². The van der Waals surface area contributed by atoms with Crippen molar-refractivity contribution in [3.05, 3.63) is 36.3 Å². The van der Waals surface area contributed by atoms with E-state index >= 15 is 0 Å². The van der Waals surface area contributed by atoms with E-state index in [4.69, 9.17) is 4.74 Å². The highest BCUT2D eigenvalue weighted by Gasteiger charge is 2.48. The molecule has 7 nitrogen and oxygen atoms in total. The fourth-order valence-corrected chi connectivity index (χ4v) is 4.37. The molecule has 1 atom stereocenters. The van der Waals surface area contributed by atoms with Gasteiger partial charge in [0.15, 0.2) is 0 Å². The lowest BCUT2D eigenvalue weighted by Crippen LogP contribution is -2.49. The van der Waals surface area contributed by atoms with Gasteiger partial charge in [0.2, 0.25) is 5.91 Å². The number of carbonyl (C=O) groups excluding carboxylic acids is 2. The first kappa shape index (κ1) is 18.8. The van der Waals surface area contributed by atoms with Gasteiger partial charge in [0.25, 0.3) is 0 Å². The highest BCUT2D eigenvalue weighted by molar-refractivity contribution is 5.79. The molecule has 2 aliphatic rings. The molecule has 0 bridgehead atoms. The summed E-state index contributed by atoms with van der Waals surface area (Å²) in [5, 5.41) is 0.